The number of pyridine rings is 1. The second-order valence-corrected chi connectivity index (χ2v) is 4.30. The Balaban J connectivity index is 2.05. The molecule has 5 nitrogen and oxygen atoms in total. The molecule has 0 atom stereocenters. The van der Waals surface area contributed by atoms with E-state index in [4.69, 9.17) is 16.0 Å². The number of rotatable bonds is 5. The number of carbonyl (C=O) groups excluding carboxylic acids is 1. The molecule has 100 valence electrons. The molecule has 0 saturated heterocycles. The highest BCUT2D eigenvalue weighted by Gasteiger charge is 2.09. The van der Waals surface area contributed by atoms with Gasteiger partial charge in [-0.05, 0) is 25.1 Å². The van der Waals surface area contributed by atoms with Gasteiger partial charge in [-0.3, -0.25) is 4.79 Å². The number of anilines is 1. The first-order chi connectivity index (χ1) is 9.19. The average Bonchev–Trinajstić information content (AvgIpc) is 2.88. The molecule has 2 rings (SSSR count). The highest BCUT2D eigenvalue weighted by molar-refractivity contribution is 6.29. The predicted octanol–water partition coefficient (Wildman–Crippen LogP) is 2.69. The first-order valence-corrected chi connectivity index (χ1v) is 6.27. The summed E-state index contributed by atoms with van der Waals surface area (Å²) in [7, 11) is 0. The highest BCUT2D eigenvalue weighted by Crippen LogP contribution is 2.14. The summed E-state index contributed by atoms with van der Waals surface area (Å²) in [4.78, 5) is 16.1. The number of carbonyl (C=O) groups is 1. The van der Waals surface area contributed by atoms with E-state index in [1.54, 1.807) is 24.7 Å². The van der Waals surface area contributed by atoms with Crippen molar-refractivity contribution >= 4 is 23.3 Å². The molecule has 0 saturated carbocycles. The summed E-state index contributed by atoms with van der Waals surface area (Å²) in [6.07, 6.45) is 3.15. The maximum absolute atomic E-state index is 12.0. The van der Waals surface area contributed by atoms with Crippen LogP contribution in [0.25, 0.3) is 0 Å². The van der Waals surface area contributed by atoms with Crippen LogP contribution in [0.1, 0.15) is 22.8 Å². The molecule has 6 heteroatoms. The molecule has 1 amide bonds. The van der Waals surface area contributed by atoms with Gasteiger partial charge in [-0.15, -0.1) is 0 Å². The maximum Gasteiger partial charge on any atom is 0.251 e. The van der Waals surface area contributed by atoms with Gasteiger partial charge in [0.15, 0.2) is 0 Å². The molecule has 0 bridgehead atoms. The van der Waals surface area contributed by atoms with Crippen LogP contribution in [0.3, 0.4) is 0 Å². The van der Waals surface area contributed by atoms with E-state index in [2.05, 4.69) is 15.6 Å². The van der Waals surface area contributed by atoms with Crippen LogP contribution in [0.5, 0.6) is 0 Å². The topological polar surface area (TPSA) is 67.2 Å². The van der Waals surface area contributed by atoms with Crippen LogP contribution in [-0.4, -0.2) is 17.4 Å². The van der Waals surface area contributed by atoms with E-state index in [1.165, 1.54) is 6.07 Å². The summed E-state index contributed by atoms with van der Waals surface area (Å²) in [5, 5.41) is 6.09. The molecular formula is C13H14ClN3O2. The molecule has 0 fully saturated rings. The second kappa shape index (κ2) is 6.24. The van der Waals surface area contributed by atoms with E-state index in [0.29, 0.717) is 24.5 Å². The largest absolute Gasteiger partial charge is 0.472 e. The monoisotopic (exact) mass is 279 g/mol. The van der Waals surface area contributed by atoms with Crippen LogP contribution in [0.4, 0.5) is 5.82 Å². The summed E-state index contributed by atoms with van der Waals surface area (Å²) in [6.45, 7) is 3.07. The van der Waals surface area contributed by atoms with Crippen LogP contribution >= 0.6 is 11.6 Å². The molecule has 0 aliphatic heterocycles. The van der Waals surface area contributed by atoms with Gasteiger partial charge in [-0.25, -0.2) is 4.98 Å². The van der Waals surface area contributed by atoms with Crippen LogP contribution in [0, 0.1) is 0 Å². The number of amides is 1. The van der Waals surface area contributed by atoms with E-state index >= 15 is 0 Å². The minimum Gasteiger partial charge on any atom is -0.472 e. The summed E-state index contributed by atoms with van der Waals surface area (Å²) < 4.78 is 4.93. The van der Waals surface area contributed by atoms with Crippen molar-refractivity contribution < 1.29 is 9.21 Å². The van der Waals surface area contributed by atoms with E-state index in [-0.39, 0.29) is 11.1 Å². The lowest BCUT2D eigenvalue weighted by molar-refractivity contribution is 0.0951. The Hall–Kier alpha value is -2.01. The van der Waals surface area contributed by atoms with E-state index in [1.807, 2.05) is 6.92 Å². The van der Waals surface area contributed by atoms with Crippen LogP contribution in [0.15, 0.2) is 35.1 Å². The SMILES string of the molecule is CCNc1cc(C(=O)NCc2ccoc2)cc(Cl)n1. The fourth-order valence-corrected chi connectivity index (χ4v) is 1.79. The zero-order valence-electron chi connectivity index (χ0n) is 10.4. The highest BCUT2D eigenvalue weighted by atomic mass is 35.5. The molecule has 2 aromatic rings. The Bertz CT molecular complexity index is 555. The molecule has 0 unspecified atom stereocenters. The summed E-state index contributed by atoms with van der Waals surface area (Å²) in [6, 6.07) is 5.00. The zero-order valence-corrected chi connectivity index (χ0v) is 11.2. The zero-order chi connectivity index (χ0) is 13.7. The molecule has 0 spiro atoms. The van der Waals surface area contributed by atoms with Gasteiger partial charge in [0.2, 0.25) is 0 Å². The van der Waals surface area contributed by atoms with Crippen molar-refractivity contribution in [2.45, 2.75) is 13.5 Å². The molecule has 19 heavy (non-hydrogen) atoms. The minimum atomic E-state index is -0.204. The summed E-state index contributed by atoms with van der Waals surface area (Å²) in [5.41, 5.74) is 1.37. The van der Waals surface area contributed by atoms with Crippen molar-refractivity contribution in [2.75, 3.05) is 11.9 Å². The lowest BCUT2D eigenvalue weighted by atomic mass is 10.2. The minimum absolute atomic E-state index is 0.204. The van der Waals surface area contributed by atoms with E-state index in [9.17, 15) is 4.79 Å². The standard InChI is InChI=1S/C13H14ClN3O2/c1-2-15-12-6-10(5-11(14)17-12)13(18)16-7-9-3-4-19-8-9/h3-6,8H,2,7H2,1H3,(H,15,17)(H,16,18). The predicted molar refractivity (Wildman–Crippen MR) is 73.3 cm³/mol. The Morgan fingerprint density at radius 2 is 2.32 bits per heavy atom. The quantitative estimate of drug-likeness (QED) is 0.826. The molecule has 0 aliphatic carbocycles. The summed E-state index contributed by atoms with van der Waals surface area (Å²) >= 11 is 5.88. The average molecular weight is 280 g/mol. The molecule has 2 heterocycles. The molecule has 2 aromatic heterocycles. The number of hydrogen-bond acceptors (Lipinski definition) is 4. The third-order valence-corrected chi connectivity index (χ3v) is 2.64. The second-order valence-electron chi connectivity index (χ2n) is 3.91. The van der Waals surface area contributed by atoms with Gasteiger partial charge < -0.3 is 15.1 Å². The van der Waals surface area contributed by atoms with Crippen LogP contribution in [0.2, 0.25) is 5.15 Å². The van der Waals surface area contributed by atoms with Gasteiger partial charge in [0, 0.05) is 24.2 Å². The third-order valence-electron chi connectivity index (χ3n) is 2.45. The van der Waals surface area contributed by atoms with Gasteiger partial charge in [0.1, 0.15) is 11.0 Å². The maximum atomic E-state index is 12.0. The fraction of sp³-hybridized carbons (Fsp3) is 0.231. The number of nitrogens with one attached hydrogen (secondary N) is 2. The van der Waals surface area contributed by atoms with Crippen molar-refractivity contribution in [3.05, 3.63) is 47.0 Å². The normalized spacial score (nSPS) is 10.2. The van der Waals surface area contributed by atoms with Gasteiger partial charge in [-0.1, -0.05) is 11.6 Å². The number of hydrogen-bond donors (Lipinski definition) is 2. The number of aromatic nitrogens is 1. The van der Waals surface area contributed by atoms with Gasteiger partial charge in [0.25, 0.3) is 5.91 Å². The Labute approximate surface area is 116 Å². The number of nitrogens with zero attached hydrogens (tertiary/aromatic N) is 1. The first kappa shape index (κ1) is 13.4. The van der Waals surface area contributed by atoms with Crippen molar-refractivity contribution in [3.8, 4) is 0 Å². The van der Waals surface area contributed by atoms with Gasteiger partial charge in [0.05, 0.1) is 12.5 Å². The van der Waals surface area contributed by atoms with Crippen LogP contribution in [-0.2, 0) is 6.54 Å². The molecular weight excluding hydrogens is 266 g/mol. The van der Waals surface area contributed by atoms with E-state index in [0.717, 1.165) is 5.56 Å². The van der Waals surface area contributed by atoms with Crippen LogP contribution < -0.4 is 10.6 Å². The third kappa shape index (κ3) is 3.72. The van der Waals surface area contributed by atoms with E-state index < -0.39 is 0 Å². The first-order valence-electron chi connectivity index (χ1n) is 5.89. The van der Waals surface area contributed by atoms with Crippen molar-refractivity contribution in [3.63, 3.8) is 0 Å². The molecule has 2 N–H and O–H groups in total. The van der Waals surface area contributed by atoms with Gasteiger partial charge >= 0.3 is 0 Å². The fourth-order valence-electron chi connectivity index (χ4n) is 1.58. The Morgan fingerprint density at radius 3 is 3.00 bits per heavy atom. The molecule has 0 aromatic carbocycles. The summed E-state index contributed by atoms with van der Waals surface area (Å²) in [5.74, 6) is 0.383. The Kier molecular flexibility index (Phi) is 4.41. The smallest absolute Gasteiger partial charge is 0.251 e. The molecule has 0 radical (unpaired) electrons. The lowest BCUT2D eigenvalue weighted by Gasteiger charge is -2.07. The van der Waals surface area contributed by atoms with Gasteiger partial charge in [-0.2, -0.15) is 0 Å². The Morgan fingerprint density at radius 1 is 1.47 bits per heavy atom. The van der Waals surface area contributed by atoms with Crippen molar-refractivity contribution in [2.24, 2.45) is 0 Å². The number of furan rings is 1. The van der Waals surface area contributed by atoms with Crippen molar-refractivity contribution in [1.82, 2.24) is 10.3 Å². The molecule has 0 aliphatic rings. The number of halogens is 1. The lowest BCUT2D eigenvalue weighted by Crippen LogP contribution is -2.22. The van der Waals surface area contributed by atoms with Crippen molar-refractivity contribution in [1.29, 1.82) is 0 Å².